The Morgan fingerprint density at radius 2 is 2.16 bits per heavy atom. The molecule has 25 heavy (non-hydrogen) atoms. The summed E-state index contributed by atoms with van der Waals surface area (Å²) in [7, 11) is 5.69. The summed E-state index contributed by atoms with van der Waals surface area (Å²) < 4.78 is 5.24. The summed E-state index contributed by atoms with van der Waals surface area (Å²) in [6, 6.07) is 11.6. The molecule has 1 saturated heterocycles. The first-order valence-electron chi connectivity index (χ1n) is 8.63. The summed E-state index contributed by atoms with van der Waals surface area (Å²) in [4.78, 5) is 21.6. The summed E-state index contributed by atoms with van der Waals surface area (Å²) in [6.07, 6.45) is 3.87. The molecular formula is C20H25N3O2. The molecule has 0 N–H and O–H groups in total. The summed E-state index contributed by atoms with van der Waals surface area (Å²) in [5.41, 5.74) is 2.81. The predicted molar refractivity (Wildman–Crippen MR) is 97.6 cm³/mol. The van der Waals surface area contributed by atoms with E-state index in [9.17, 15) is 4.79 Å². The van der Waals surface area contributed by atoms with Crippen LogP contribution in [0.4, 0.5) is 0 Å². The minimum Gasteiger partial charge on any atom is -0.497 e. The van der Waals surface area contributed by atoms with Crippen LogP contribution < -0.4 is 4.74 Å². The van der Waals surface area contributed by atoms with Gasteiger partial charge in [-0.1, -0.05) is 12.1 Å². The van der Waals surface area contributed by atoms with Crippen LogP contribution in [0.15, 0.2) is 42.6 Å². The molecule has 0 aliphatic carbocycles. The number of carbonyl (C=O) groups excluding carboxylic acids is 1. The highest BCUT2D eigenvalue weighted by Gasteiger charge is 2.31. The average Bonchev–Trinajstić information content (AvgIpc) is 3.11. The van der Waals surface area contributed by atoms with Gasteiger partial charge in [0.1, 0.15) is 5.75 Å². The maximum atomic E-state index is 12.9. The van der Waals surface area contributed by atoms with Crippen molar-refractivity contribution >= 4 is 5.91 Å². The Bertz CT molecular complexity index is 728. The number of nitrogens with zero attached hydrogens (tertiary/aromatic N) is 3. The molecule has 1 aliphatic rings. The highest BCUT2D eigenvalue weighted by molar-refractivity contribution is 5.95. The number of benzene rings is 1. The number of carbonyl (C=O) groups is 1. The molecule has 0 unspecified atom stereocenters. The quantitative estimate of drug-likeness (QED) is 0.840. The molecule has 1 fully saturated rings. The van der Waals surface area contributed by atoms with E-state index in [0.717, 1.165) is 31.6 Å². The number of likely N-dealkylation sites (tertiary alicyclic amines) is 1. The molecule has 0 spiro atoms. The van der Waals surface area contributed by atoms with Crippen molar-refractivity contribution in [3.63, 3.8) is 0 Å². The molecule has 1 aromatic heterocycles. The van der Waals surface area contributed by atoms with Gasteiger partial charge in [-0.25, -0.2) is 0 Å². The molecule has 0 radical (unpaired) electrons. The summed E-state index contributed by atoms with van der Waals surface area (Å²) in [6.45, 7) is 1.63. The van der Waals surface area contributed by atoms with E-state index in [2.05, 4.69) is 22.0 Å². The average molecular weight is 339 g/mol. The standard InChI is InChI=1S/C20H25N3O2/c1-22(2)14-15-9-10-18(21-13-15)19-8-5-11-23(19)20(24)16-6-4-7-17(12-16)25-3/h4,6-7,9-10,12-13,19H,5,8,11,14H2,1-3H3/t19-/m0/s1. The molecule has 1 aromatic carbocycles. The summed E-state index contributed by atoms with van der Waals surface area (Å²) >= 11 is 0. The first-order chi connectivity index (χ1) is 12.1. The van der Waals surface area contributed by atoms with Crippen molar-refractivity contribution in [1.82, 2.24) is 14.8 Å². The van der Waals surface area contributed by atoms with E-state index in [0.29, 0.717) is 11.3 Å². The maximum Gasteiger partial charge on any atom is 0.254 e. The molecule has 1 aliphatic heterocycles. The van der Waals surface area contributed by atoms with Crippen LogP contribution >= 0.6 is 0 Å². The number of ether oxygens (including phenoxy) is 1. The van der Waals surface area contributed by atoms with Crippen molar-refractivity contribution in [2.45, 2.75) is 25.4 Å². The Morgan fingerprint density at radius 3 is 2.84 bits per heavy atom. The molecule has 1 atom stereocenters. The van der Waals surface area contributed by atoms with E-state index in [4.69, 9.17) is 4.74 Å². The molecule has 132 valence electrons. The van der Waals surface area contributed by atoms with Crippen LogP contribution in [0.25, 0.3) is 0 Å². The molecule has 0 bridgehead atoms. The fourth-order valence-electron chi connectivity index (χ4n) is 3.33. The number of aromatic nitrogens is 1. The third-order valence-corrected chi connectivity index (χ3v) is 4.52. The van der Waals surface area contributed by atoms with E-state index in [-0.39, 0.29) is 11.9 Å². The van der Waals surface area contributed by atoms with Crippen LogP contribution in [0.2, 0.25) is 0 Å². The van der Waals surface area contributed by atoms with Crippen LogP contribution in [0.3, 0.4) is 0 Å². The minimum absolute atomic E-state index is 0.0422. The lowest BCUT2D eigenvalue weighted by molar-refractivity contribution is 0.0732. The summed E-state index contributed by atoms with van der Waals surface area (Å²) in [5, 5.41) is 0. The van der Waals surface area contributed by atoms with E-state index in [1.165, 1.54) is 5.56 Å². The van der Waals surface area contributed by atoms with Gasteiger partial charge in [0, 0.05) is 24.8 Å². The first kappa shape index (κ1) is 17.4. The lowest BCUT2D eigenvalue weighted by Gasteiger charge is -2.25. The third-order valence-electron chi connectivity index (χ3n) is 4.52. The number of hydrogen-bond donors (Lipinski definition) is 0. The molecule has 0 saturated carbocycles. The van der Waals surface area contributed by atoms with Gasteiger partial charge < -0.3 is 14.5 Å². The van der Waals surface area contributed by atoms with Crippen LogP contribution in [-0.2, 0) is 6.54 Å². The normalized spacial score (nSPS) is 17.1. The second-order valence-electron chi connectivity index (χ2n) is 6.72. The van der Waals surface area contributed by atoms with Gasteiger partial charge in [0.05, 0.1) is 18.8 Å². The van der Waals surface area contributed by atoms with E-state index in [1.807, 2.05) is 43.4 Å². The molecule has 3 rings (SSSR count). The monoisotopic (exact) mass is 339 g/mol. The van der Waals surface area contributed by atoms with Gasteiger partial charge >= 0.3 is 0 Å². The molecule has 5 heteroatoms. The molecule has 2 aromatic rings. The zero-order chi connectivity index (χ0) is 17.8. The fourth-order valence-corrected chi connectivity index (χ4v) is 3.33. The Labute approximate surface area is 149 Å². The van der Waals surface area contributed by atoms with Crippen LogP contribution in [0.5, 0.6) is 5.75 Å². The van der Waals surface area contributed by atoms with E-state index >= 15 is 0 Å². The minimum atomic E-state index is 0.0422. The Morgan fingerprint density at radius 1 is 1.32 bits per heavy atom. The zero-order valence-corrected chi connectivity index (χ0v) is 15.1. The largest absolute Gasteiger partial charge is 0.497 e. The van der Waals surface area contributed by atoms with Crippen molar-refractivity contribution in [2.24, 2.45) is 0 Å². The van der Waals surface area contributed by atoms with Gasteiger partial charge in [-0.3, -0.25) is 9.78 Å². The molecule has 1 amide bonds. The Hall–Kier alpha value is -2.40. The maximum absolute atomic E-state index is 12.9. The third kappa shape index (κ3) is 3.99. The summed E-state index contributed by atoms with van der Waals surface area (Å²) in [5.74, 6) is 0.744. The number of hydrogen-bond acceptors (Lipinski definition) is 4. The van der Waals surface area contributed by atoms with Gasteiger partial charge in [0.2, 0.25) is 0 Å². The smallest absolute Gasteiger partial charge is 0.254 e. The second kappa shape index (κ2) is 7.66. The van der Waals surface area contributed by atoms with E-state index < -0.39 is 0 Å². The topological polar surface area (TPSA) is 45.7 Å². The highest BCUT2D eigenvalue weighted by Crippen LogP contribution is 2.32. The van der Waals surface area contributed by atoms with Crippen LogP contribution in [-0.4, -0.2) is 48.4 Å². The predicted octanol–water partition coefficient (Wildman–Crippen LogP) is 3.13. The Balaban J connectivity index is 1.78. The molecule has 5 nitrogen and oxygen atoms in total. The van der Waals surface area contributed by atoms with Crippen molar-refractivity contribution in [3.05, 3.63) is 59.4 Å². The van der Waals surface area contributed by atoms with Gasteiger partial charge in [-0.15, -0.1) is 0 Å². The SMILES string of the molecule is COc1cccc(C(=O)N2CCC[C@H]2c2ccc(CN(C)C)cn2)c1. The van der Waals surface area contributed by atoms with Crippen molar-refractivity contribution in [1.29, 1.82) is 0 Å². The van der Waals surface area contributed by atoms with Crippen molar-refractivity contribution in [3.8, 4) is 5.75 Å². The first-order valence-corrected chi connectivity index (χ1v) is 8.63. The van der Waals surface area contributed by atoms with Gasteiger partial charge in [0.25, 0.3) is 5.91 Å². The van der Waals surface area contributed by atoms with Gasteiger partial charge in [0.15, 0.2) is 0 Å². The number of amides is 1. The van der Waals surface area contributed by atoms with Gasteiger partial charge in [-0.2, -0.15) is 0 Å². The van der Waals surface area contributed by atoms with Crippen molar-refractivity contribution < 1.29 is 9.53 Å². The number of methoxy groups -OCH3 is 1. The molecule has 2 heterocycles. The van der Waals surface area contributed by atoms with Crippen molar-refractivity contribution in [2.75, 3.05) is 27.7 Å². The highest BCUT2D eigenvalue weighted by atomic mass is 16.5. The molecular weight excluding hydrogens is 314 g/mol. The number of rotatable bonds is 5. The lowest BCUT2D eigenvalue weighted by Crippen LogP contribution is -2.31. The fraction of sp³-hybridized carbons (Fsp3) is 0.400. The van der Waals surface area contributed by atoms with Crippen LogP contribution in [0, 0.1) is 0 Å². The number of pyridine rings is 1. The second-order valence-corrected chi connectivity index (χ2v) is 6.72. The van der Waals surface area contributed by atoms with E-state index in [1.54, 1.807) is 13.2 Å². The van der Waals surface area contributed by atoms with Gasteiger partial charge in [-0.05, 0) is 56.8 Å². The van der Waals surface area contributed by atoms with Crippen LogP contribution in [0.1, 0.15) is 40.5 Å². The Kier molecular flexibility index (Phi) is 5.34. The lowest BCUT2D eigenvalue weighted by atomic mass is 10.1. The zero-order valence-electron chi connectivity index (χ0n) is 15.1.